The Morgan fingerprint density at radius 3 is 2.32 bits per heavy atom. The van der Waals surface area contributed by atoms with Crippen LogP contribution in [0.4, 0.5) is 0 Å². The highest BCUT2D eigenvalue weighted by atomic mass is 16.2. The Balaban J connectivity index is 1.79. The van der Waals surface area contributed by atoms with Gasteiger partial charge in [-0.05, 0) is 52.1 Å². The van der Waals surface area contributed by atoms with Crippen LogP contribution in [0.25, 0.3) is 0 Å². The van der Waals surface area contributed by atoms with Gasteiger partial charge in [-0.15, -0.1) is 0 Å². The second kappa shape index (κ2) is 4.19. The normalized spacial score (nSPS) is 31.4. The predicted octanol–water partition coefficient (Wildman–Crippen LogP) is 1.42. The van der Waals surface area contributed by atoms with Crippen LogP contribution in [0, 0.1) is 5.92 Å². The summed E-state index contributed by atoms with van der Waals surface area (Å²) in [5, 5.41) is 3.61. The van der Waals surface area contributed by atoms with Crippen molar-refractivity contribution in [1.29, 1.82) is 0 Å². The third-order valence-electron chi connectivity index (χ3n) is 5.51. The third kappa shape index (κ3) is 1.91. The summed E-state index contributed by atoms with van der Waals surface area (Å²) in [6.07, 6.45) is 6.03. The molecular formula is C15H27N3O. The zero-order valence-electron chi connectivity index (χ0n) is 12.7. The Hall–Kier alpha value is -0.610. The van der Waals surface area contributed by atoms with Gasteiger partial charge in [0.2, 0.25) is 5.91 Å². The lowest BCUT2D eigenvalue weighted by Crippen LogP contribution is -2.59. The van der Waals surface area contributed by atoms with Crippen molar-refractivity contribution < 1.29 is 4.79 Å². The van der Waals surface area contributed by atoms with Crippen LogP contribution >= 0.6 is 0 Å². The molecule has 19 heavy (non-hydrogen) atoms. The van der Waals surface area contributed by atoms with E-state index in [1.165, 1.54) is 19.3 Å². The van der Waals surface area contributed by atoms with Gasteiger partial charge in [0.15, 0.2) is 0 Å². The van der Waals surface area contributed by atoms with E-state index in [1.54, 1.807) is 0 Å². The first-order valence-electron chi connectivity index (χ1n) is 7.66. The van der Waals surface area contributed by atoms with Crippen molar-refractivity contribution in [1.82, 2.24) is 15.1 Å². The van der Waals surface area contributed by atoms with Gasteiger partial charge in [0.1, 0.15) is 0 Å². The average Bonchev–Trinajstić information content (AvgIpc) is 2.99. The van der Waals surface area contributed by atoms with Gasteiger partial charge in [-0.25, -0.2) is 0 Å². The van der Waals surface area contributed by atoms with Gasteiger partial charge >= 0.3 is 0 Å². The van der Waals surface area contributed by atoms with Crippen molar-refractivity contribution in [3.63, 3.8) is 0 Å². The van der Waals surface area contributed by atoms with Crippen LogP contribution in [0.5, 0.6) is 0 Å². The van der Waals surface area contributed by atoms with Crippen LogP contribution in [-0.4, -0.2) is 53.6 Å². The molecule has 1 unspecified atom stereocenters. The summed E-state index contributed by atoms with van der Waals surface area (Å²) in [7, 11) is 4.31. The first kappa shape index (κ1) is 13.4. The third-order valence-corrected chi connectivity index (χ3v) is 5.51. The van der Waals surface area contributed by atoms with Gasteiger partial charge < -0.3 is 9.80 Å². The minimum atomic E-state index is -0.174. The van der Waals surface area contributed by atoms with Crippen LogP contribution in [0.2, 0.25) is 0 Å². The summed E-state index contributed by atoms with van der Waals surface area (Å²) >= 11 is 0. The van der Waals surface area contributed by atoms with Crippen LogP contribution in [0.15, 0.2) is 0 Å². The molecule has 3 aliphatic rings. The molecule has 2 saturated carbocycles. The number of hydrogen-bond acceptors (Lipinski definition) is 3. The monoisotopic (exact) mass is 265 g/mol. The lowest BCUT2D eigenvalue weighted by molar-refractivity contribution is -0.134. The SMILES string of the molecule is CC(C)C1NC2(CC2)C(=O)N1CC1(N(C)C)CCC1. The fourth-order valence-electron chi connectivity index (χ4n) is 3.65. The predicted molar refractivity (Wildman–Crippen MR) is 75.7 cm³/mol. The Bertz CT molecular complexity index is 383. The Labute approximate surface area is 116 Å². The summed E-state index contributed by atoms with van der Waals surface area (Å²) in [5.74, 6) is 0.836. The largest absolute Gasteiger partial charge is 0.323 e. The van der Waals surface area contributed by atoms with Crippen molar-refractivity contribution in [2.75, 3.05) is 20.6 Å². The molecule has 1 heterocycles. The maximum absolute atomic E-state index is 12.7. The lowest BCUT2D eigenvalue weighted by atomic mass is 9.75. The highest BCUT2D eigenvalue weighted by molar-refractivity contribution is 5.92. The Morgan fingerprint density at radius 2 is 1.95 bits per heavy atom. The van der Waals surface area contributed by atoms with Crippen LogP contribution in [0.3, 0.4) is 0 Å². The van der Waals surface area contributed by atoms with E-state index in [0.29, 0.717) is 11.8 Å². The number of hydrogen-bond donors (Lipinski definition) is 1. The molecule has 0 aromatic heterocycles. The number of nitrogens with zero attached hydrogens (tertiary/aromatic N) is 2. The van der Waals surface area contributed by atoms with Gasteiger partial charge in [-0.2, -0.15) is 0 Å². The summed E-state index contributed by atoms with van der Waals surface area (Å²) in [4.78, 5) is 17.2. The molecule has 1 atom stereocenters. The van der Waals surface area contributed by atoms with Crippen LogP contribution in [0.1, 0.15) is 46.0 Å². The van der Waals surface area contributed by atoms with E-state index in [4.69, 9.17) is 0 Å². The molecule has 0 aromatic carbocycles. The van der Waals surface area contributed by atoms with E-state index in [1.807, 2.05) is 0 Å². The van der Waals surface area contributed by atoms with E-state index in [-0.39, 0.29) is 17.2 Å². The van der Waals surface area contributed by atoms with Crippen LogP contribution in [-0.2, 0) is 4.79 Å². The highest BCUT2D eigenvalue weighted by Gasteiger charge is 2.60. The number of amides is 1. The molecule has 4 nitrogen and oxygen atoms in total. The maximum Gasteiger partial charge on any atom is 0.244 e. The minimum Gasteiger partial charge on any atom is -0.323 e. The molecule has 0 radical (unpaired) electrons. The highest BCUT2D eigenvalue weighted by Crippen LogP contribution is 2.45. The van der Waals surface area contributed by atoms with Crippen LogP contribution < -0.4 is 5.32 Å². The molecule has 1 amide bonds. The number of nitrogens with one attached hydrogen (secondary N) is 1. The van der Waals surface area contributed by atoms with Crippen molar-refractivity contribution in [2.24, 2.45) is 5.92 Å². The van der Waals surface area contributed by atoms with E-state index < -0.39 is 0 Å². The lowest BCUT2D eigenvalue weighted by Gasteiger charge is -2.50. The zero-order chi connectivity index (χ0) is 13.8. The molecular weight excluding hydrogens is 238 g/mol. The van der Waals surface area contributed by atoms with E-state index in [0.717, 1.165) is 19.4 Å². The molecule has 3 rings (SSSR count). The van der Waals surface area contributed by atoms with Crippen molar-refractivity contribution >= 4 is 5.91 Å². The molecule has 0 bridgehead atoms. The molecule has 1 N–H and O–H groups in total. The number of likely N-dealkylation sites (N-methyl/N-ethyl adjacent to an activating group) is 1. The minimum absolute atomic E-state index is 0.174. The second-order valence-corrected chi connectivity index (χ2v) is 7.32. The van der Waals surface area contributed by atoms with Crippen molar-refractivity contribution in [3.8, 4) is 0 Å². The first-order chi connectivity index (χ1) is 8.90. The Kier molecular flexibility index (Phi) is 2.95. The fraction of sp³-hybridized carbons (Fsp3) is 0.933. The van der Waals surface area contributed by atoms with Crippen molar-refractivity contribution in [3.05, 3.63) is 0 Å². The van der Waals surface area contributed by atoms with E-state index >= 15 is 0 Å². The molecule has 3 fully saturated rings. The topological polar surface area (TPSA) is 35.6 Å². The average molecular weight is 265 g/mol. The smallest absolute Gasteiger partial charge is 0.244 e. The van der Waals surface area contributed by atoms with Gasteiger partial charge in [-0.1, -0.05) is 13.8 Å². The molecule has 108 valence electrons. The zero-order valence-corrected chi connectivity index (χ0v) is 12.7. The van der Waals surface area contributed by atoms with Gasteiger partial charge in [0.05, 0.1) is 11.7 Å². The number of carbonyl (C=O) groups is 1. The fourth-order valence-corrected chi connectivity index (χ4v) is 3.65. The summed E-state index contributed by atoms with van der Waals surface area (Å²) < 4.78 is 0. The number of carbonyl (C=O) groups excluding carboxylic acids is 1. The molecule has 2 aliphatic carbocycles. The van der Waals surface area contributed by atoms with E-state index in [2.05, 4.69) is 43.1 Å². The molecule has 0 aromatic rings. The summed E-state index contributed by atoms with van der Waals surface area (Å²) in [6, 6.07) is 0. The van der Waals surface area contributed by atoms with E-state index in [9.17, 15) is 4.79 Å². The maximum atomic E-state index is 12.7. The molecule has 1 saturated heterocycles. The van der Waals surface area contributed by atoms with Gasteiger partial charge in [0.25, 0.3) is 0 Å². The summed E-state index contributed by atoms with van der Waals surface area (Å²) in [5.41, 5.74) is 0.0527. The summed E-state index contributed by atoms with van der Waals surface area (Å²) in [6.45, 7) is 5.32. The van der Waals surface area contributed by atoms with Crippen molar-refractivity contribution in [2.45, 2.75) is 63.2 Å². The molecule has 4 heteroatoms. The van der Waals surface area contributed by atoms with Gasteiger partial charge in [-0.3, -0.25) is 10.1 Å². The quantitative estimate of drug-likeness (QED) is 0.835. The van der Waals surface area contributed by atoms with Gasteiger partial charge in [0, 0.05) is 12.1 Å². The standard InChI is InChI=1S/C15H27N3O/c1-11(2)12-16-15(8-9-15)13(19)18(12)10-14(17(3)4)6-5-7-14/h11-12,16H,5-10H2,1-4H3. The molecule has 1 spiro atoms. The Morgan fingerprint density at radius 1 is 1.32 bits per heavy atom. The first-order valence-corrected chi connectivity index (χ1v) is 7.66. The number of rotatable bonds is 4. The second-order valence-electron chi connectivity index (χ2n) is 7.32. The molecule has 1 aliphatic heterocycles.